The van der Waals surface area contributed by atoms with Gasteiger partial charge in [0.2, 0.25) is 5.91 Å². The van der Waals surface area contributed by atoms with Gasteiger partial charge in [-0.1, -0.05) is 88.7 Å². The molecule has 0 saturated heterocycles. The number of amides is 1. The van der Waals surface area contributed by atoms with Gasteiger partial charge < -0.3 is 4.98 Å². The quantitative estimate of drug-likeness (QED) is 0.257. The standard InChI is InChI=1S/C32H35ClN2O2/c1-21(2)22-12-16-26(17-13-22)35(30(37)18-24-20-34-28-9-7-6-8-27(24)28)31(29(36)19-32(3,4)5)23-10-14-25(33)15-11-23/h6-17,20-21,31,34H,18-19H2,1-5H3. The van der Waals surface area contributed by atoms with Crippen LogP contribution >= 0.6 is 11.6 Å². The second-order valence-electron chi connectivity index (χ2n) is 11.2. The van der Waals surface area contributed by atoms with Crippen LogP contribution in [0.15, 0.2) is 79.0 Å². The maximum absolute atomic E-state index is 14.2. The number of para-hydroxylation sites is 1. The molecule has 0 radical (unpaired) electrons. The molecule has 1 amide bonds. The number of benzene rings is 3. The summed E-state index contributed by atoms with van der Waals surface area (Å²) in [5, 5.41) is 1.60. The Labute approximate surface area is 224 Å². The van der Waals surface area contributed by atoms with Crippen molar-refractivity contribution in [1.29, 1.82) is 0 Å². The number of hydrogen-bond acceptors (Lipinski definition) is 2. The predicted octanol–water partition coefficient (Wildman–Crippen LogP) is 8.27. The third-order valence-electron chi connectivity index (χ3n) is 6.58. The minimum atomic E-state index is -0.765. The minimum absolute atomic E-state index is 0.00460. The topological polar surface area (TPSA) is 53.2 Å². The van der Waals surface area contributed by atoms with Crippen LogP contribution in [0.1, 0.15) is 69.7 Å². The lowest BCUT2D eigenvalue weighted by molar-refractivity contribution is -0.126. The van der Waals surface area contributed by atoms with Crippen LogP contribution in [0.5, 0.6) is 0 Å². The predicted molar refractivity (Wildman–Crippen MR) is 153 cm³/mol. The van der Waals surface area contributed by atoms with Crippen molar-refractivity contribution in [2.24, 2.45) is 5.41 Å². The molecule has 0 aliphatic rings. The van der Waals surface area contributed by atoms with Crippen LogP contribution in [0.4, 0.5) is 5.69 Å². The molecule has 0 aliphatic heterocycles. The number of aromatic nitrogens is 1. The summed E-state index contributed by atoms with van der Waals surface area (Å²) in [4.78, 5) is 33.0. The number of nitrogens with zero attached hydrogens (tertiary/aromatic N) is 1. The summed E-state index contributed by atoms with van der Waals surface area (Å²) >= 11 is 6.19. The molecule has 0 fully saturated rings. The SMILES string of the molecule is CC(C)c1ccc(N(C(=O)Cc2c[nH]c3ccccc23)C(C(=O)CC(C)(C)C)c2ccc(Cl)cc2)cc1. The van der Waals surface area contributed by atoms with Crippen molar-refractivity contribution in [1.82, 2.24) is 4.98 Å². The summed E-state index contributed by atoms with van der Waals surface area (Å²) in [5.74, 6) is 0.221. The maximum Gasteiger partial charge on any atom is 0.232 e. The second-order valence-corrected chi connectivity index (χ2v) is 11.6. The third-order valence-corrected chi connectivity index (χ3v) is 6.83. The first-order valence-corrected chi connectivity index (χ1v) is 13.2. The molecular formula is C32H35ClN2O2. The molecule has 1 unspecified atom stereocenters. The van der Waals surface area contributed by atoms with Crippen LogP contribution in [0, 0.1) is 5.41 Å². The Bertz CT molecular complexity index is 1380. The van der Waals surface area contributed by atoms with Gasteiger partial charge >= 0.3 is 0 Å². The van der Waals surface area contributed by atoms with Crippen LogP contribution in [0.3, 0.4) is 0 Å². The van der Waals surface area contributed by atoms with Gasteiger partial charge in [-0.3, -0.25) is 14.5 Å². The number of carbonyl (C=O) groups is 2. The van der Waals surface area contributed by atoms with E-state index in [9.17, 15) is 9.59 Å². The number of nitrogens with one attached hydrogen (secondary N) is 1. The smallest absolute Gasteiger partial charge is 0.232 e. The molecule has 1 atom stereocenters. The van der Waals surface area contributed by atoms with Crippen LogP contribution in [0.25, 0.3) is 10.9 Å². The fraction of sp³-hybridized carbons (Fsp3) is 0.312. The first kappa shape index (κ1) is 26.7. The Morgan fingerprint density at radius 1 is 0.892 bits per heavy atom. The zero-order chi connectivity index (χ0) is 26.7. The Morgan fingerprint density at radius 2 is 1.51 bits per heavy atom. The molecule has 192 valence electrons. The average molecular weight is 515 g/mol. The molecule has 4 rings (SSSR count). The van der Waals surface area contributed by atoms with Crippen LogP contribution in [0.2, 0.25) is 5.02 Å². The van der Waals surface area contributed by atoms with Crippen molar-refractivity contribution < 1.29 is 9.59 Å². The van der Waals surface area contributed by atoms with Gasteiger partial charge in [-0.25, -0.2) is 0 Å². The molecule has 5 heteroatoms. The van der Waals surface area contributed by atoms with Crippen LogP contribution in [-0.2, 0) is 16.0 Å². The summed E-state index contributed by atoms with van der Waals surface area (Å²) in [7, 11) is 0. The first-order chi connectivity index (χ1) is 17.5. The zero-order valence-electron chi connectivity index (χ0n) is 22.2. The number of carbonyl (C=O) groups excluding carboxylic acids is 2. The summed E-state index contributed by atoms with van der Waals surface area (Å²) < 4.78 is 0. The number of fused-ring (bicyclic) bond motifs is 1. The molecule has 0 bridgehead atoms. The number of ketones is 1. The monoisotopic (exact) mass is 514 g/mol. The van der Waals surface area contributed by atoms with Gasteiger partial charge in [0, 0.05) is 34.2 Å². The van der Waals surface area contributed by atoms with E-state index in [4.69, 9.17) is 11.6 Å². The van der Waals surface area contributed by atoms with Crippen molar-refractivity contribution >= 4 is 39.9 Å². The van der Waals surface area contributed by atoms with Crippen molar-refractivity contribution in [3.05, 3.63) is 101 Å². The van der Waals surface area contributed by atoms with E-state index in [1.54, 1.807) is 17.0 Å². The van der Waals surface area contributed by atoms with Gasteiger partial charge in [-0.2, -0.15) is 0 Å². The van der Waals surface area contributed by atoms with Gasteiger partial charge in [0.15, 0.2) is 5.78 Å². The largest absolute Gasteiger partial charge is 0.361 e. The van der Waals surface area contributed by atoms with Crippen LogP contribution < -0.4 is 4.90 Å². The zero-order valence-corrected chi connectivity index (χ0v) is 23.0. The molecular weight excluding hydrogens is 480 g/mol. The Balaban J connectivity index is 1.82. The number of H-pyrrole nitrogens is 1. The average Bonchev–Trinajstić information content (AvgIpc) is 3.25. The third kappa shape index (κ3) is 6.31. The number of hydrogen-bond donors (Lipinski definition) is 1. The number of Topliss-reactive ketones (excluding diaryl/α,β-unsaturated/α-hetero) is 1. The van der Waals surface area contributed by atoms with E-state index < -0.39 is 6.04 Å². The van der Waals surface area contributed by atoms with Gasteiger partial charge in [0.05, 0.1) is 6.42 Å². The van der Waals surface area contributed by atoms with Crippen molar-refractivity contribution in [3.8, 4) is 0 Å². The van der Waals surface area contributed by atoms with Gasteiger partial charge in [-0.15, -0.1) is 0 Å². The molecule has 0 spiro atoms. The Kier molecular flexibility index (Phi) is 7.89. The first-order valence-electron chi connectivity index (χ1n) is 12.8. The molecule has 0 saturated carbocycles. The van der Waals surface area contributed by atoms with E-state index in [0.29, 0.717) is 23.0 Å². The fourth-order valence-corrected chi connectivity index (χ4v) is 4.85. The number of rotatable bonds is 8. The lowest BCUT2D eigenvalue weighted by Crippen LogP contribution is -2.41. The number of halogens is 1. The lowest BCUT2D eigenvalue weighted by Gasteiger charge is -2.33. The fourth-order valence-electron chi connectivity index (χ4n) is 4.73. The summed E-state index contributed by atoms with van der Waals surface area (Å²) in [5.41, 5.74) is 4.29. The second kappa shape index (κ2) is 10.9. The highest BCUT2D eigenvalue weighted by Gasteiger charge is 2.34. The number of anilines is 1. The van der Waals surface area contributed by atoms with Crippen molar-refractivity contribution in [3.63, 3.8) is 0 Å². The molecule has 4 nitrogen and oxygen atoms in total. The number of aromatic amines is 1. The molecule has 0 aliphatic carbocycles. The van der Waals surface area contributed by atoms with E-state index in [1.807, 2.05) is 87.6 Å². The summed E-state index contributed by atoms with van der Waals surface area (Å²) in [6, 6.07) is 22.4. The highest BCUT2D eigenvalue weighted by molar-refractivity contribution is 6.30. The Morgan fingerprint density at radius 3 is 2.14 bits per heavy atom. The maximum atomic E-state index is 14.2. The van der Waals surface area contributed by atoms with Gasteiger partial charge in [0.25, 0.3) is 0 Å². The normalized spacial score (nSPS) is 12.6. The van der Waals surface area contributed by atoms with Crippen molar-refractivity contribution in [2.75, 3.05) is 4.90 Å². The van der Waals surface area contributed by atoms with E-state index >= 15 is 0 Å². The Hall–Kier alpha value is -3.37. The van der Waals surface area contributed by atoms with E-state index in [2.05, 4.69) is 18.8 Å². The summed E-state index contributed by atoms with van der Waals surface area (Å²) in [6.45, 7) is 10.4. The molecule has 3 aromatic carbocycles. The molecule has 1 heterocycles. The molecule has 4 aromatic rings. The van der Waals surface area contributed by atoms with Gasteiger partial charge in [-0.05, 0) is 58.4 Å². The van der Waals surface area contributed by atoms with E-state index in [1.165, 1.54) is 5.56 Å². The van der Waals surface area contributed by atoms with Crippen molar-refractivity contribution in [2.45, 2.75) is 59.4 Å². The minimum Gasteiger partial charge on any atom is -0.361 e. The lowest BCUT2D eigenvalue weighted by atomic mass is 9.85. The van der Waals surface area contributed by atoms with Crippen LogP contribution in [-0.4, -0.2) is 16.7 Å². The summed E-state index contributed by atoms with van der Waals surface area (Å²) in [6.07, 6.45) is 2.39. The molecule has 1 aromatic heterocycles. The highest BCUT2D eigenvalue weighted by Crippen LogP contribution is 2.35. The van der Waals surface area contributed by atoms with E-state index in [0.717, 1.165) is 22.0 Å². The van der Waals surface area contributed by atoms with E-state index in [-0.39, 0.29) is 23.5 Å². The molecule has 1 N–H and O–H groups in total. The molecule has 37 heavy (non-hydrogen) atoms. The highest BCUT2D eigenvalue weighted by atomic mass is 35.5. The van der Waals surface area contributed by atoms with Gasteiger partial charge in [0.1, 0.15) is 6.04 Å².